The van der Waals surface area contributed by atoms with Crippen molar-refractivity contribution in [3.05, 3.63) is 34.8 Å². The molecule has 0 unspecified atom stereocenters. The van der Waals surface area contributed by atoms with E-state index in [1.807, 2.05) is 11.7 Å². The number of likely N-dealkylation sites (tertiary alicyclic amines) is 1. The van der Waals surface area contributed by atoms with Crippen LogP contribution in [0.25, 0.3) is 0 Å². The lowest BCUT2D eigenvalue weighted by Gasteiger charge is -2.33. The molecule has 1 aliphatic heterocycles. The monoisotopic (exact) mass is 316 g/mol. The van der Waals surface area contributed by atoms with Crippen molar-refractivity contribution in [2.75, 3.05) is 13.1 Å². The van der Waals surface area contributed by atoms with Gasteiger partial charge in [0.2, 0.25) is 0 Å². The summed E-state index contributed by atoms with van der Waals surface area (Å²) < 4.78 is 2.43. The van der Waals surface area contributed by atoms with E-state index in [0.29, 0.717) is 5.92 Å². The number of thiazole rings is 1. The summed E-state index contributed by atoms with van der Waals surface area (Å²) in [5, 5.41) is 2.17. The van der Waals surface area contributed by atoms with E-state index in [1.54, 1.807) is 11.3 Å². The Labute approximate surface area is 136 Å². The maximum Gasteiger partial charge on any atom is 0.113 e. The van der Waals surface area contributed by atoms with Crippen LogP contribution in [0.2, 0.25) is 0 Å². The van der Waals surface area contributed by atoms with Crippen molar-refractivity contribution >= 4 is 11.3 Å². The van der Waals surface area contributed by atoms with Crippen LogP contribution in [0.1, 0.15) is 49.5 Å². The van der Waals surface area contributed by atoms with Crippen LogP contribution in [0.3, 0.4) is 0 Å². The number of nitrogens with zero attached hydrogens (tertiary/aromatic N) is 4. The van der Waals surface area contributed by atoms with Gasteiger partial charge in [0.15, 0.2) is 0 Å². The maximum absolute atomic E-state index is 4.71. The summed E-state index contributed by atoms with van der Waals surface area (Å²) in [6.07, 6.45) is 10.9. The van der Waals surface area contributed by atoms with Crippen molar-refractivity contribution in [2.45, 2.75) is 51.1 Å². The second-order valence-electron chi connectivity index (χ2n) is 6.79. The normalized spacial score (nSPS) is 23.5. The number of rotatable bonds is 5. The van der Waals surface area contributed by atoms with E-state index in [1.165, 1.54) is 56.7 Å². The Hall–Kier alpha value is -1.20. The molecule has 5 heteroatoms. The van der Waals surface area contributed by atoms with Gasteiger partial charge in [0.1, 0.15) is 5.82 Å². The Kier molecular flexibility index (Phi) is 4.26. The number of piperidine rings is 1. The molecular weight excluding hydrogens is 292 g/mol. The van der Waals surface area contributed by atoms with E-state index in [4.69, 9.17) is 4.98 Å². The third-order valence-electron chi connectivity index (χ3n) is 5.17. The predicted molar refractivity (Wildman–Crippen MR) is 88.9 cm³/mol. The molecule has 1 atom stereocenters. The minimum Gasteiger partial charge on any atom is -0.334 e. The third-order valence-corrected chi connectivity index (χ3v) is 5.80. The fraction of sp³-hybridized carbons (Fsp3) is 0.647. The fourth-order valence-corrected chi connectivity index (χ4v) is 4.29. The number of imidazole rings is 1. The summed E-state index contributed by atoms with van der Waals surface area (Å²) in [4.78, 5) is 11.7. The molecule has 2 fully saturated rings. The number of hydrogen-bond donors (Lipinski definition) is 0. The van der Waals surface area contributed by atoms with Crippen LogP contribution in [0.4, 0.5) is 0 Å². The van der Waals surface area contributed by atoms with E-state index < -0.39 is 0 Å². The molecule has 0 N–H and O–H groups in total. The van der Waals surface area contributed by atoms with E-state index in [9.17, 15) is 0 Å². The van der Waals surface area contributed by atoms with Crippen molar-refractivity contribution in [1.29, 1.82) is 0 Å². The quantitative estimate of drug-likeness (QED) is 0.846. The number of aromatic nitrogens is 3. The molecule has 0 aromatic carbocycles. The van der Waals surface area contributed by atoms with Gasteiger partial charge in [0.05, 0.1) is 11.2 Å². The van der Waals surface area contributed by atoms with Gasteiger partial charge >= 0.3 is 0 Å². The lowest BCUT2D eigenvalue weighted by atomic mass is 9.85. The third kappa shape index (κ3) is 3.10. The van der Waals surface area contributed by atoms with Gasteiger partial charge in [-0.3, -0.25) is 4.90 Å². The SMILES string of the molecule is c1cn(CC2CCC2)c([C@H]2CCCN(Cc3cscn3)C2)n1. The molecule has 0 spiro atoms. The van der Waals surface area contributed by atoms with Gasteiger partial charge < -0.3 is 4.57 Å². The molecule has 0 amide bonds. The summed E-state index contributed by atoms with van der Waals surface area (Å²) in [7, 11) is 0. The first-order valence-electron chi connectivity index (χ1n) is 8.49. The zero-order valence-electron chi connectivity index (χ0n) is 13.0. The zero-order valence-corrected chi connectivity index (χ0v) is 13.8. The highest BCUT2D eigenvalue weighted by atomic mass is 32.1. The summed E-state index contributed by atoms with van der Waals surface area (Å²) in [6, 6.07) is 0. The van der Waals surface area contributed by atoms with Gasteiger partial charge in [-0.2, -0.15) is 0 Å². The highest BCUT2D eigenvalue weighted by molar-refractivity contribution is 7.07. The molecule has 0 radical (unpaired) electrons. The lowest BCUT2D eigenvalue weighted by molar-refractivity contribution is 0.190. The van der Waals surface area contributed by atoms with Crippen LogP contribution in [0.5, 0.6) is 0 Å². The summed E-state index contributed by atoms with van der Waals surface area (Å²) in [6.45, 7) is 4.48. The Morgan fingerprint density at radius 2 is 2.14 bits per heavy atom. The predicted octanol–water partition coefficient (Wildman–Crippen LogP) is 3.52. The van der Waals surface area contributed by atoms with Crippen LogP contribution >= 0.6 is 11.3 Å². The molecule has 4 rings (SSSR count). The minimum atomic E-state index is 0.586. The van der Waals surface area contributed by atoms with Gasteiger partial charge in [-0.15, -0.1) is 11.3 Å². The molecule has 22 heavy (non-hydrogen) atoms. The molecule has 3 heterocycles. The molecule has 1 saturated heterocycles. The Morgan fingerprint density at radius 1 is 1.18 bits per heavy atom. The van der Waals surface area contributed by atoms with E-state index in [-0.39, 0.29) is 0 Å². The molecule has 4 nitrogen and oxygen atoms in total. The first-order valence-corrected chi connectivity index (χ1v) is 9.43. The molecule has 2 aliphatic rings. The average molecular weight is 316 g/mol. The second kappa shape index (κ2) is 6.50. The van der Waals surface area contributed by atoms with Crippen LogP contribution in [0, 0.1) is 5.92 Å². The smallest absolute Gasteiger partial charge is 0.113 e. The molecule has 2 aromatic rings. The van der Waals surface area contributed by atoms with Gasteiger partial charge in [0, 0.05) is 43.3 Å². The highest BCUT2D eigenvalue weighted by Crippen LogP contribution is 2.31. The highest BCUT2D eigenvalue weighted by Gasteiger charge is 2.26. The van der Waals surface area contributed by atoms with E-state index in [0.717, 1.165) is 19.0 Å². The fourth-order valence-electron chi connectivity index (χ4n) is 3.74. The van der Waals surface area contributed by atoms with Gasteiger partial charge in [-0.25, -0.2) is 9.97 Å². The van der Waals surface area contributed by atoms with Crippen molar-refractivity contribution in [3.8, 4) is 0 Å². The van der Waals surface area contributed by atoms with Crippen molar-refractivity contribution in [1.82, 2.24) is 19.4 Å². The summed E-state index contributed by atoms with van der Waals surface area (Å²) >= 11 is 1.69. The second-order valence-corrected chi connectivity index (χ2v) is 7.51. The molecule has 1 saturated carbocycles. The average Bonchev–Trinajstić information content (AvgIpc) is 3.14. The van der Waals surface area contributed by atoms with Gasteiger partial charge in [-0.1, -0.05) is 6.42 Å². The van der Waals surface area contributed by atoms with Gasteiger partial charge in [0.25, 0.3) is 0 Å². The van der Waals surface area contributed by atoms with E-state index in [2.05, 4.69) is 26.0 Å². The van der Waals surface area contributed by atoms with Crippen LogP contribution in [0.15, 0.2) is 23.3 Å². The van der Waals surface area contributed by atoms with Crippen LogP contribution in [-0.2, 0) is 13.1 Å². The lowest BCUT2D eigenvalue weighted by Crippen LogP contribution is -2.35. The van der Waals surface area contributed by atoms with E-state index >= 15 is 0 Å². The first-order chi connectivity index (χ1) is 10.9. The summed E-state index contributed by atoms with van der Waals surface area (Å²) in [5.41, 5.74) is 3.14. The maximum atomic E-state index is 4.71. The zero-order chi connectivity index (χ0) is 14.8. The molecule has 118 valence electrons. The number of hydrogen-bond acceptors (Lipinski definition) is 4. The molecule has 0 bridgehead atoms. The molecule has 2 aromatic heterocycles. The molecular formula is C17H24N4S. The molecule has 1 aliphatic carbocycles. The Bertz CT molecular complexity index is 588. The standard InChI is InChI=1S/C17H24N4S/c1-3-14(4-1)9-21-8-6-18-17(21)15-5-2-7-20(10-15)11-16-12-22-13-19-16/h6,8,12-15H,1-5,7,9-11H2/t15-/m0/s1. The summed E-state index contributed by atoms with van der Waals surface area (Å²) in [5.74, 6) is 2.79. The van der Waals surface area contributed by atoms with Crippen LogP contribution < -0.4 is 0 Å². The van der Waals surface area contributed by atoms with Gasteiger partial charge in [-0.05, 0) is 38.1 Å². The Morgan fingerprint density at radius 3 is 2.91 bits per heavy atom. The van der Waals surface area contributed by atoms with Crippen molar-refractivity contribution < 1.29 is 0 Å². The largest absolute Gasteiger partial charge is 0.334 e. The van der Waals surface area contributed by atoms with Crippen molar-refractivity contribution in [2.24, 2.45) is 5.92 Å². The minimum absolute atomic E-state index is 0.586. The topological polar surface area (TPSA) is 34.0 Å². The first kappa shape index (κ1) is 14.4. The Balaban J connectivity index is 1.42. The van der Waals surface area contributed by atoms with Crippen molar-refractivity contribution in [3.63, 3.8) is 0 Å². The van der Waals surface area contributed by atoms with Crippen LogP contribution in [-0.4, -0.2) is 32.5 Å².